The van der Waals surface area contributed by atoms with Crippen LogP contribution < -0.4 is 15.8 Å². The first-order valence-electron chi connectivity index (χ1n) is 8.43. The molecule has 27 heavy (non-hydrogen) atoms. The van der Waals surface area contributed by atoms with Crippen molar-refractivity contribution in [3.63, 3.8) is 0 Å². The molecule has 0 spiro atoms. The smallest absolute Gasteiger partial charge is 0.181 e. The Labute approximate surface area is 164 Å². The van der Waals surface area contributed by atoms with Crippen LogP contribution in [0, 0.1) is 5.41 Å². The number of oxazole rings is 1. The molecular formula is C19H18BrN5O2. The Morgan fingerprint density at radius 3 is 3.00 bits per heavy atom. The molecule has 3 aromatic rings. The summed E-state index contributed by atoms with van der Waals surface area (Å²) in [6.45, 7) is 0. The van der Waals surface area contributed by atoms with Gasteiger partial charge in [-0.25, -0.2) is 4.98 Å². The summed E-state index contributed by atoms with van der Waals surface area (Å²) in [4.78, 5) is 8.45. The topological polar surface area (TPSA) is 110 Å². The highest BCUT2D eigenvalue weighted by Gasteiger charge is 2.28. The minimum Gasteiger partial charge on any atom is -0.495 e. The number of nitrogens with zero attached hydrogens (tertiary/aromatic N) is 2. The molecule has 0 saturated carbocycles. The SMILES string of the molecule is COc1c(Br)cnc2c1CCC2Nc1ccc(N)c(C(=N)c2cnco2)c1. The number of benzene rings is 1. The molecule has 2 aromatic heterocycles. The zero-order valence-electron chi connectivity index (χ0n) is 14.6. The molecule has 0 amide bonds. The number of fused-ring (bicyclic) bond motifs is 1. The highest BCUT2D eigenvalue weighted by molar-refractivity contribution is 9.10. The van der Waals surface area contributed by atoms with Crippen LogP contribution in [0.4, 0.5) is 11.4 Å². The number of hydrogen-bond donors (Lipinski definition) is 3. The lowest BCUT2D eigenvalue weighted by Crippen LogP contribution is -2.11. The molecule has 1 aliphatic carbocycles. The van der Waals surface area contributed by atoms with Crippen LogP contribution in [0.25, 0.3) is 0 Å². The van der Waals surface area contributed by atoms with E-state index in [4.69, 9.17) is 20.3 Å². The van der Waals surface area contributed by atoms with Crippen molar-refractivity contribution in [3.05, 3.63) is 64.0 Å². The molecule has 138 valence electrons. The highest BCUT2D eigenvalue weighted by atomic mass is 79.9. The normalized spacial score (nSPS) is 15.4. The van der Waals surface area contributed by atoms with Gasteiger partial charge in [-0.3, -0.25) is 10.4 Å². The molecule has 0 aliphatic heterocycles. The molecule has 0 fully saturated rings. The zero-order chi connectivity index (χ0) is 19.0. The van der Waals surface area contributed by atoms with Gasteiger partial charge in [0.05, 0.1) is 29.5 Å². The lowest BCUT2D eigenvalue weighted by atomic mass is 10.0. The number of anilines is 2. The molecule has 1 atom stereocenters. The van der Waals surface area contributed by atoms with E-state index >= 15 is 0 Å². The number of methoxy groups -OCH3 is 1. The van der Waals surface area contributed by atoms with Crippen LogP contribution in [0.2, 0.25) is 0 Å². The molecule has 0 bridgehead atoms. The Hall–Kier alpha value is -2.87. The van der Waals surface area contributed by atoms with Gasteiger partial charge >= 0.3 is 0 Å². The number of halogens is 1. The largest absolute Gasteiger partial charge is 0.495 e. The fourth-order valence-electron chi connectivity index (χ4n) is 3.39. The third-order valence-electron chi connectivity index (χ3n) is 4.68. The van der Waals surface area contributed by atoms with Crippen LogP contribution >= 0.6 is 15.9 Å². The van der Waals surface area contributed by atoms with Gasteiger partial charge in [0, 0.05) is 28.7 Å². The number of nitrogens with two attached hydrogens (primary N) is 1. The summed E-state index contributed by atoms with van der Waals surface area (Å²) in [5, 5.41) is 11.8. The number of pyridine rings is 1. The summed E-state index contributed by atoms with van der Waals surface area (Å²) in [6.07, 6.45) is 6.37. The first kappa shape index (κ1) is 17.5. The third-order valence-corrected chi connectivity index (χ3v) is 5.24. The van der Waals surface area contributed by atoms with Crippen molar-refractivity contribution >= 4 is 33.0 Å². The van der Waals surface area contributed by atoms with E-state index in [0.29, 0.717) is 17.0 Å². The van der Waals surface area contributed by atoms with Crippen molar-refractivity contribution in [2.75, 3.05) is 18.2 Å². The number of aromatic nitrogens is 2. The Morgan fingerprint density at radius 2 is 2.26 bits per heavy atom. The molecule has 4 rings (SSSR count). The van der Waals surface area contributed by atoms with Gasteiger partial charge in [-0.15, -0.1) is 0 Å². The van der Waals surface area contributed by atoms with Crippen molar-refractivity contribution in [1.82, 2.24) is 9.97 Å². The van der Waals surface area contributed by atoms with Gasteiger partial charge < -0.3 is 20.2 Å². The monoisotopic (exact) mass is 427 g/mol. The molecule has 2 heterocycles. The van der Waals surface area contributed by atoms with Crippen LogP contribution in [0.5, 0.6) is 5.75 Å². The lowest BCUT2D eigenvalue weighted by Gasteiger charge is -2.17. The van der Waals surface area contributed by atoms with E-state index in [1.165, 1.54) is 12.6 Å². The minimum absolute atomic E-state index is 0.0675. The summed E-state index contributed by atoms with van der Waals surface area (Å²) in [5.41, 5.74) is 10.3. The predicted octanol–water partition coefficient (Wildman–Crippen LogP) is 3.94. The number of ether oxygens (including phenoxy) is 1. The second kappa shape index (κ2) is 7.03. The molecule has 4 N–H and O–H groups in total. The van der Waals surface area contributed by atoms with E-state index in [2.05, 4.69) is 31.2 Å². The number of rotatable bonds is 5. The maximum absolute atomic E-state index is 8.33. The molecule has 1 unspecified atom stereocenters. The van der Waals surface area contributed by atoms with Gasteiger partial charge in [0.2, 0.25) is 0 Å². The van der Waals surface area contributed by atoms with E-state index < -0.39 is 0 Å². The maximum Gasteiger partial charge on any atom is 0.181 e. The van der Waals surface area contributed by atoms with E-state index in [9.17, 15) is 0 Å². The van der Waals surface area contributed by atoms with Crippen molar-refractivity contribution < 1.29 is 9.15 Å². The van der Waals surface area contributed by atoms with Crippen LogP contribution in [0.3, 0.4) is 0 Å². The molecule has 1 aromatic carbocycles. The minimum atomic E-state index is 0.0675. The first-order valence-corrected chi connectivity index (χ1v) is 9.23. The Balaban J connectivity index is 1.62. The quantitative estimate of drug-likeness (QED) is 0.420. The summed E-state index contributed by atoms with van der Waals surface area (Å²) >= 11 is 3.49. The van der Waals surface area contributed by atoms with Gasteiger partial charge in [-0.1, -0.05) is 0 Å². The summed E-state index contributed by atoms with van der Waals surface area (Å²) < 4.78 is 11.6. The van der Waals surface area contributed by atoms with Gasteiger partial charge in [0.1, 0.15) is 11.5 Å². The van der Waals surface area contributed by atoms with Gasteiger partial charge in [0.25, 0.3) is 0 Å². The lowest BCUT2D eigenvalue weighted by molar-refractivity contribution is 0.407. The van der Waals surface area contributed by atoms with Crippen LogP contribution in [-0.4, -0.2) is 22.8 Å². The van der Waals surface area contributed by atoms with E-state index in [1.807, 2.05) is 12.1 Å². The van der Waals surface area contributed by atoms with Crippen molar-refractivity contribution in [2.24, 2.45) is 0 Å². The number of nitrogens with one attached hydrogen (secondary N) is 2. The van der Waals surface area contributed by atoms with E-state index in [0.717, 1.165) is 40.0 Å². The van der Waals surface area contributed by atoms with Gasteiger partial charge in [-0.05, 0) is 47.0 Å². The predicted molar refractivity (Wildman–Crippen MR) is 106 cm³/mol. The molecular weight excluding hydrogens is 410 g/mol. The summed E-state index contributed by atoms with van der Waals surface area (Å²) in [6, 6.07) is 5.61. The zero-order valence-corrected chi connectivity index (χ0v) is 16.2. The van der Waals surface area contributed by atoms with Gasteiger partial charge in [0.15, 0.2) is 12.2 Å². The number of nitrogen functional groups attached to an aromatic ring is 1. The first-order chi connectivity index (χ1) is 13.1. The van der Waals surface area contributed by atoms with Crippen molar-refractivity contribution in [2.45, 2.75) is 18.9 Å². The van der Waals surface area contributed by atoms with Crippen LogP contribution in [-0.2, 0) is 6.42 Å². The Kier molecular flexibility index (Phi) is 4.57. The Morgan fingerprint density at radius 1 is 1.41 bits per heavy atom. The fraction of sp³-hybridized carbons (Fsp3) is 0.211. The number of hydrogen-bond acceptors (Lipinski definition) is 7. The average molecular weight is 428 g/mol. The summed E-state index contributed by atoms with van der Waals surface area (Å²) in [5.74, 6) is 1.22. The third kappa shape index (κ3) is 3.16. The van der Waals surface area contributed by atoms with Crippen LogP contribution in [0.15, 0.2) is 45.9 Å². The molecule has 0 radical (unpaired) electrons. The van der Waals surface area contributed by atoms with E-state index in [-0.39, 0.29) is 11.8 Å². The highest BCUT2D eigenvalue weighted by Crippen LogP contribution is 2.41. The second-order valence-electron chi connectivity index (χ2n) is 6.28. The molecule has 1 aliphatic rings. The van der Waals surface area contributed by atoms with Crippen molar-refractivity contribution in [3.8, 4) is 5.75 Å². The van der Waals surface area contributed by atoms with Crippen LogP contribution in [0.1, 0.15) is 35.0 Å². The molecule has 8 heteroatoms. The summed E-state index contributed by atoms with van der Waals surface area (Å²) in [7, 11) is 1.67. The molecule has 0 saturated heterocycles. The standard InChI is InChI=1S/C19H18BrN5O2/c1-26-19-11-3-5-15(18(11)24-7-13(19)20)25-10-2-4-14(21)12(6-10)17(22)16-8-23-9-27-16/h2,4,6-9,15,22,25H,3,5,21H2,1H3. The second-order valence-corrected chi connectivity index (χ2v) is 7.14. The van der Waals surface area contributed by atoms with E-state index in [1.54, 1.807) is 19.4 Å². The molecule has 7 nitrogen and oxygen atoms in total. The maximum atomic E-state index is 8.33. The fourth-order valence-corrected chi connectivity index (χ4v) is 3.89. The van der Waals surface area contributed by atoms with Crippen molar-refractivity contribution in [1.29, 1.82) is 5.41 Å². The van der Waals surface area contributed by atoms with Gasteiger partial charge in [-0.2, -0.15) is 0 Å². The average Bonchev–Trinajstić information content (AvgIpc) is 3.33. The Bertz CT molecular complexity index is 1000.